The molecule has 2 nitrogen and oxygen atoms in total. The molecule has 1 rings (SSSR count). The first-order valence-corrected chi connectivity index (χ1v) is 6.35. The molecule has 0 unspecified atom stereocenters. The van der Waals surface area contributed by atoms with E-state index in [1.807, 2.05) is 0 Å². The largest absolute Gasteiger partial charge is 0.493 e. The third kappa shape index (κ3) is 4.78. The molecule has 0 aliphatic heterocycles. The predicted octanol–water partition coefficient (Wildman–Crippen LogP) is 3.32. The van der Waals surface area contributed by atoms with Crippen LogP contribution in [-0.2, 0) is 0 Å². The topological polar surface area (TPSA) is 21.3 Å². The van der Waals surface area contributed by atoms with E-state index in [4.69, 9.17) is 4.74 Å². The van der Waals surface area contributed by atoms with Crippen LogP contribution in [0.1, 0.15) is 31.9 Å². The molecular weight excluding hydrogens is 210 g/mol. The summed E-state index contributed by atoms with van der Waals surface area (Å²) in [5.74, 6) is 1.01. The zero-order valence-corrected chi connectivity index (χ0v) is 11.8. The Bertz CT molecular complexity index is 358. The highest BCUT2D eigenvalue weighted by Gasteiger charge is 2.18. The molecule has 0 heterocycles. The summed E-state index contributed by atoms with van der Waals surface area (Å²) in [6.45, 7) is 13.5. The van der Waals surface area contributed by atoms with Crippen molar-refractivity contribution in [3.8, 4) is 5.75 Å². The van der Waals surface area contributed by atoms with Gasteiger partial charge in [0.05, 0.1) is 6.61 Å². The summed E-state index contributed by atoms with van der Waals surface area (Å²) in [6.07, 6.45) is 0. The van der Waals surface area contributed by atoms with Crippen molar-refractivity contribution in [1.82, 2.24) is 5.32 Å². The van der Waals surface area contributed by atoms with Gasteiger partial charge in [0.25, 0.3) is 0 Å². The lowest BCUT2D eigenvalue weighted by atomic mass is 9.95. The van der Waals surface area contributed by atoms with E-state index in [1.54, 1.807) is 0 Å². The first kappa shape index (κ1) is 14.0. The second-order valence-electron chi connectivity index (χ2n) is 5.50. The Balaban J connectivity index is 2.57. The third-order valence-electron chi connectivity index (χ3n) is 2.82. The highest BCUT2D eigenvalue weighted by molar-refractivity contribution is 5.35. The Labute approximate surface area is 105 Å². The zero-order valence-electron chi connectivity index (χ0n) is 11.8. The Morgan fingerprint density at radius 2 is 1.94 bits per heavy atom. The number of hydrogen-bond acceptors (Lipinski definition) is 2. The summed E-state index contributed by atoms with van der Waals surface area (Å²) >= 11 is 0. The molecule has 0 aliphatic rings. The lowest BCUT2D eigenvalue weighted by Gasteiger charge is -2.25. The van der Waals surface area contributed by atoms with E-state index in [9.17, 15) is 0 Å². The molecule has 0 atom stereocenters. The molecular formula is C15H25NO. The van der Waals surface area contributed by atoms with E-state index < -0.39 is 0 Å². The first-order valence-electron chi connectivity index (χ1n) is 6.35. The maximum absolute atomic E-state index is 5.94. The summed E-state index contributed by atoms with van der Waals surface area (Å²) in [7, 11) is 0. The highest BCUT2D eigenvalue weighted by Crippen LogP contribution is 2.22. The van der Waals surface area contributed by atoms with Crippen molar-refractivity contribution < 1.29 is 4.74 Å². The van der Waals surface area contributed by atoms with Crippen LogP contribution < -0.4 is 10.1 Å². The van der Waals surface area contributed by atoms with Crippen molar-refractivity contribution in [2.75, 3.05) is 19.7 Å². The van der Waals surface area contributed by atoms with Crippen LogP contribution in [0.2, 0.25) is 0 Å². The normalized spacial score (nSPS) is 11.6. The van der Waals surface area contributed by atoms with Crippen LogP contribution in [0.5, 0.6) is 5.75 Å². The second kappa shape index (κ2) is 6.06. The molecule has 0 radical (unpaired) electrons. The van der Waals surface area contributed by atoms with Gasteiger partial charge in [-0.05, 0) is 37.6 Å². The van der Waals surface area contributed by atoms with E-state index in [1.165, 1.54) is 11.1 Å². The Hall–Kier alpha value is -1.02. The van der Waals surface area contributed by atoms with E-state index in [-0.39, 0.29) is 5.41 Å². The van der Waals surface area contributed by atoms with Crippen LogP contribution >= 0.6 is 0 Å². The number of benzene rings is 1. The second-order valence-corrected chi connectivity index (χ2v) is 5.50. The van der Waals surface area contributed by atoms with Crippen molar-refractivity contribution in [3.05, 3.63) is 29.3 Å². The highest BCUT2D eigenvalue weighted by atomic mass is 16.5. The molecule has 0 aromatic heterocycles. The fraction of sp³-hybridized carbons (Fsp3) is 0.600. The Kier molecular flexibility index (Phi) is 5.01. The molecule has 0 bridgehead atoms. The quantitative estimate of drug-likeness (QED) is 0.816. The standard InChI is InChI=1S/C15H25NO/c1-6-16-10-15(4,5)11-17-14-9-12(2)7-8-13(14)3/h7-9,16H,6,10-11H2,1-5H3. The number of nitrogens with one attached hydrogen (secondary N) is 1. The maximum atomic E-state index is 5.94. The summed E-state index contributed by atoms with van der Waals surface area (Å²) < 4.78 is 5.94. The van der Waals surface area contributed by atoms with E-state index in [0.29, 0.717) is 0 Å². The molecule has 1 aromatic carbocycles. The Morgan fingerprint density at radius 1 is 1.24 bits per heavy atom. The fourth-order valence-electron chi connectivity index (χ4n) is 1.65. The zero-order chi connectivity index (χ0) is 12.9. The summed E-state index contributed by atoms with van der Waals surface area (Å²) in [5.41, 5.74) is 2.61. The summed E-state index contributed by atoms with van der Waals surface area (Å²) in [5, 5.41) is 3.37. The van der Waals surface area contributed by atoms with Crippen molar-refractivity contribution in [2.24, 2.45) is 5.41 Å². The van der Waals surface area contributed by atoms with Gasteiger partial charge in [0.15, 0.2) is 0 Å². The van der Waals surface area contributed by atoms with Gasteiger partial charge in [-0.25, -0.2) is 0 Å². The molecule has 1 aromatic rings. The number of rotatable bonds is 6. The minimum Gasteiger partial charge on any atom is -0.493 e. The number of hydrogen-bond donors (Lipinski definition) is 1. The predicted molar refractivity (Wildman–Crippen MR) is 73.7 cm³/mol. The van der Waals surface area contributed by atoms with Crippen LogP contribution in [0.4, 0.5) is 0 Å². The number of ether oxygens (including phenoxy) is 1. The monoisotopic (exact) mass is 235 g/mol. The molecule has 0 fully saturated rings. The van der Waals surface area contributed by atoms with Crippen molar-refractivity contribution >= 4 is 0 Å². The van der Waals surface area contributed by atoms with E-state index >= 15 is 0 Å². The van der Waals surface area contributed by atoms with E-state index in [0.717, 1.165) is 25.4 Å². The van der Waals surface area contributed by atoms with Crippen LogP contribution in [0.3, 0.4) is 0 Å². The summed E-state index contributed by atoms with van der Waals surface area (Å²) in [6, 6.07) is 6.34. The van der Waals surface area contributed by atoms with Crippen LogP contribution in [-0.4, -0.2) is 19.7 Å². The van der Waals surface area contributed by atoms with Gasteiger partial charge >= 0.3 is 0 Å². The van der Waals surface area contributed by atoms with Gasteiger partial charge < -0.3 is 10.1 Å². The fourth-order valence-corrected chi connectivity index (χ4v) is 1.65. The third-order valence-corrected chi connectivity index (χ3v) is 2.82. The smallest absolute Gasteiger partial charge is 0.122 e. The lowest BCUT2D eigenvalue weighted by Crippen LogP contribution is -2.34. The molecule has 96 valence electrons. The van der Waals surface area contributed by atoms with E-state index in [2.05, 4.69) is 58.1 Å². The molecule has 17 heavy (non-hydrogen) atoms. The molecule has 0 amide bonds. The number of aryl methyl sites for hydroxylation is 2. The molecule has 0 saturated carbocycles. The molecule has 0 aliphatic carbocycles. The average Bonchev–Trinajstić information content (AvgIpc) is 2.28. The SMILES string of the molecule is CCNCC(C)(C)COc1cc(C)ccc1C. The summed E-state index contributed by atoms with van der Waals surface area (Å²) in [4.78, 5) is 0. The van der Waals surface area contributed by atoms with Gasteiger partial charge in [-0.3, -0.25) is 0 Å². The van der Waals surface area contributed by atoms with Crippen molar-refractivity contribution in [3.63, 3.8) is 0 Å². The lowest BCUT2D eigenvalue weighted by molar-refractivity contribution is 0.176. The molecule has 0 saturated heterocycles. The maximum Gasteiger partial charge on any atom is 0.122 e. The van der Waals surface area contributed by atoms with Crippen molar-refractivity contribution in [1.29, 1.82) is 0 Å². The first-order chi connectivity index (χ1) is 7.94. The van der Waals surface area contributed by atoms with Gasteiger partial charge in [-0.1, -0.05) is 32.9 Å². The van der Waals surface area contributed by atoms with Crippen molar-refractivity contribution in [2.45, 2.75) is 34.6 Å². The van der Waals surface area contributed by atoms with Gasteiger partial charge in [-0.15, -0.1) is 0 Å². The van der Waals surface area contributed by atoms with Crippen LogP contribution in [0.25, 0.3) is 0 Å². The van der Waals surface area contributed by atoms with Gasteiger partial charge in [0, 0.05) is 12.0 Å². The average molecular weight is 235 g/mol. The molecule has 1 N–H and O–H groups in total. The minimum absolute atomic E-state index is 0.159. The van der Waals surface area contributed by atoms with Crippen LogP contribution in [0.15, 0.2) is 18.2 Å². The van der Waals surface area contributed by atoms with Gasteiger partial charge in [0.2, 0.25) is 0 Å². The van der Waals surface area contributed by atoms with Gasteiger partial charge in [-0.2, -0.15) is 0 Å². The molecule has 2 heteroatoms. The minimum atomic E-state index is 0.159. The molecule has 0 spiro atoms. The van der Waals surface area contributed by atoms with Gasteiger partial charge in [0.1, 0.15) is 5.75 Å². The van der Waals surface area contributed by atoms with Crippen LogP contribution in [0, 0.1) is 19.3 Å². The Morgan fingerprint density at radius 3 is 2.59 bits per heavy atom.